The second-order valence-corrected chi connectivity index (χ2v) is 7.08. The van der Waals surface area contributed by atoms with Gasteiger partial charge in [-0.15, -0.1) is 0 Å². The van der Waals surface area contributed by atoms with Crippen molar-refractivity contribution in [3.63, 3.8) is 0 Å². The standard InChI is InChI=1S/C16H21Cl2NO3/c1-22-16-5-4-10(20)8-14(16)19(7-6-16)9-11-12(17)2-3-13(21)15(11)18/h2-3,10,14,20-21H,4-9H2,1H3/t10-,14-,16+/m0/s1. The number of rotatable bonds is 3. The van der Waals surface area contributed by atoms with Crippen LogP contribution in [0.2, 0.25) is 10.0 Å². The quantitative estimate of drug-likeness (QED) is 0.883. The molecule has 1 saturated heterocycles. The first-order valence-electron chi connectivity index (χ1n) is 7.60. The van der Waals surface area contributed by atoms with Crippen LogP contribution in [0.4, 0.5) is 0 Å². The maximum atomic E-state index is 10.0. The summed E-state index contributed by atoms with van der Waals surface area (Å²) in [7, 11) is 1.75. The zero-order valence-electron chi connectivity index (χ0n) is 12.6. The zero-order valence-corrected chi connectivity index (χ0v) is 14.1. The molecule has 1 aromatic rings. The Morgan fingerprint density at radius 2 is 2.14 bits per heavy atom. The molecule has 2 N–H and O–H groups in total. The number of likely N-dealkylation sites (tertiary alicyclic amines) is 1. The first-order chi connectivity index (χ1) is 10.5. The third-order valence-electron chi connectivity index (χ3n) is 5.20. The molecule has 1 saturated carbocycles. The molecule has 6 heteroatoms. The van der Waals surface area contributed by atoms with Gasteiger partial charge in [-0.2, -0.15) is 0 Å². The lowest BCUT2D eigenvalue weighted by atomic mass is 9.79. The van der Waals surface area contributed by atoms with Crippen molar-refractivity contribution in [2.24, 2.45) is 0 Å². The van der Waals surface area contributed by atoms with E-state index in [0.29, 0.717) is 23.0 Å². The number of phenolic OH excluding ortho intramolecular Hbond substituents is 1. The number of aliphatic hydroxyl groups excluding tert-OH is 1. The van der Waals surface area contributed by atoms with Gasteiger partial charge < -0.3 is 14.9 Å². The van der Waals surface area contributed by atoms with Gasteiger partial charge in [-0.25, -0.2) is 0 Å². The van der Waals surface area contributed by atoms with Crippen LogP contribution in [0.3, 0.4) is 0 Å². The number of benzene rings is 1. The molecule has 1 heterocycles. The van der Waals surface area contributed by atoms with Gasteiger partial charge in [0.2, 0.25) is 0 Å². The third-order valence-corrected chi connectivity index (χ3v) is 5.98. The smallest absolute Gasteiger partial charge is 0.134 e. The Hall–Kier alpha value is -0.520. The average molecular weight is 346 g/mol. The summed E-state index contributed by atoms with van der Waals surface area (Å²) in [5.41, 5.74) is 0.546. The van der Waals surface area contributed by atoms with Crippen molar-refractivity contribution in [1.29, 1.82) is 0 Å². The van der Waals surface area contributed by atoms with E-state index >= 15 is 0 Å². The summed E-state index contributed by atoms with van der Waals surface area (Å²) in [5, 5.41) is 20.7. The number of nitrogens with zero attached hydrogens (tertiary/aromatic N) is 1. The molecule has 122 valence electrons. The van der Waals surface area contributed by atoms with Crippen molar-refractivity contribution >= 4 is 23.2 Å². The Labute approximate surface area is 140 Å². The Morgan fingerprint density at radius 3 is 2.86 bits per heavy atom. The van der Waals surface area contributed by atoms with Crippen molar-refractivity contribution in [3.8, 4) is 5.75 Å². The van der Waals surface area contributed by atoms with E-state index in [1.807, 2.05) is 0 Å². The molecule has 0 bridgehead atoms. The van der Waals surface area contributed by atoms with E-state index in [2.05, 4.69) is 4.90 Å². The second kappa shape index (κ2) is 6.17. The number of hydrogen-bond donors (Lipinski definition) is 2. The first kappa shape index (κ1) is 16.3. The van der Waals surface area contributed by atoms with Gasteiger partial charge in [0.15, 0.2) is 0 Å². The highest BCUT2D eigenvalue weighted by molar-refractivity contribution is 6.36. The highest BCUT2D eigenvalue weighted by Crippen LogP contribution is 2.44. The number of fused-ring (bicyclic) bond motifs is 1. The van der Waals surface area contributed by atoms with E-state index in [1.165, 1.54) is 6.07 Å². The molecule has 2 aliphatic rings. The van der Waals surface area contributed by atoms with E-state index in [9.17, 15) is 10.2 Å². The van der Waals surface area contributed by atoms with Gasteiger partial charge in [-0.1, -0.05) is 23.2 Å². The summed E-state index contributed by atoms with van der Waals surface area (Å²) in [4.78, 5) is 2.26. The average Bonchev–Trinajstić information content (AvgIpc) is 2.86. The molecular weight excluding hydrogens is 325 g/mol. The molecule has 4 nitrogen and oxygen atoms in total. The highest BCUT2D eigenvalue weighted by atomic mass is 35.5. The van der Waals surface area contributed by atoms with Gasteiger partial charge in [-0.05, 0) is 37.8 Å². The van der Waals surface area contributed by atoms with Crippen LogP contribution in [0.1, 0.15) is 31.2 Å². The van der Waals surface area contributed by atoms with Gasteiger partial charge in [0.1, 0.15) is 5.75 Å². The Bertz CT molecular complexity index is 569. The summed E-state index contributed by atoms with van der Waals surface area (Å²) in [6, 6.07) is 3.31. The molecular formula is C16H21Cl2NO3. The molecule has 1 aromatic carbocycles. The molecule has 0 unspecified atom stereocenters. The lowest BCUT2D eigenvalue weighted by molar-refractivity contribution is -0.0879. The molecule has 0 radical (unpaired) electrons. The van der Waals surface area contributed by atoms with Crippen LogP contribution in [-0.2, 0) is 11.3 Å². The number of aromatic hydroxyl groups is 1. The number of halogens is 2. The summed E-state index contributed by atoms with van der Waals surface area (Å²) < 4.78 is 5.84. The fourth-order valence-electron chi connectivity index (χ4n) is 3.89. The van der Waals surface area contributed by atoms with Gasteiger partial charge in [0.05, 0.1) is 16.7 Å². The Balaban J connectivity index is 1.86. The van der Waals surface area contributed by atoms with Crippen molar-refractivity contribution in [3.05, 3.63) is 27.7 Å². The fraction of sp³-hybridized carbons (Fsp3) is 0.625. The zero-order chi connectivity index (χ0) is 15.9. The maximum absolute atomic E-state index is 10.0. The largest absolute Gasteiger partial charge is 0.506 e. The molecule has 0 aromatic heterocycles. The first-order valence-corrected chi connectivity index (χ1v) is 8.35. The van der Waals surface area contributed by atoms with E-state index in [-0.39, 0.29) is 23.5 Å². The van der Waals surface area contributed by atoms with Crippen molar-refractivity contribution < 1.29 is 14.9 Å². The number of aliphatic hydroxyl groups is 1. The molecule has 1 aliphatic carbocycles. The van der Waals surface area contributed by atoms with Crippen LogP contribution in [0.25, 0.3) is 0 Å². The molecule has 3 rings (SSSR count). The second-order valence-electron chi connectivity index (χ2n) is 6.29. The molecule has 0 amide bonds. The van der Waals surface area contributed by atoms with Crippen LogP contribution in [0.5, 0.6) is 5.75 Å². The van der Waals surface area contributed by atoms with Gasteiger partial charge in [0.25, 0.3) is 0 Å². The minimum Gasteiger partial charge on any atom is -0.506 e. The van der Waals surface area contributed by atoms with Crippen LogP contribution in [-0.4, -0.2) is 46.5 Å². The van der Waals surface area contributed by atoms with Crippen LogP contribution < -0.4 is 0 Å². The van der Waals surface area contributed by atoms with Crippen LogP contribution in [0.15, 0.2) is 12.1 Å². The number of methoxy groups -OCH3 is 1. The molecule has 1 aliphatic heterocycles. The van der Waals surface area contributed by atoms with Crippen molar-refractivity contribution in [1.82, 2.24) is 4.90 Å². The Morgan fingerprint density at radius 1 is 1.36 bits per heavy atom. The summed E-state index contributed by atoms with van der Waals surface area (Å²) >= 11 is 12.5. The summed E-state index contributed by atoms with van der Waals surface area (Å²) in [5.74, 6) is 0.0435. The fourth-order valence-corrected chi connectivity index (χ4v) is 4.38. The lowest BCUT2D eigenvalue weighted by Crippen LogP contribution is -2.51. The van der Waals surface area contributed by atoms with E-state index < -0.39 is 0 Å². The van der Waals surface area contributed by atoms with Crippen molar-refractivity contribution in [2.75, 3.05) is 13.7 Å². The van der Waals surface area contributed by atoms with Crippen molar-refractivity contribution in [2.45, 2.75) is 50.0 Å². The molecule has 22 heavy (non-hydrogen) atoms. The topological polar surface area (TPSA) is 52.9 Å². The summed E-state index contributed by atoms with van der Waals surface area (Å²) in [6.45, 7) is 1.42. The molecule has 2 fully saturated rings. The monoisotopic (exact) mass is 345 g/mol. The van der Waals surface area contributed by atoms with Gasteiger partial charge >= 0.3 is 0 Å². The predicted molar refractivity (Wildman–Crippen MR) is 86.5 cm³/mol. The lowest BCUT2D eigenvalue weighted by Gasteiger charge is -2.42. The SMILES string of the molecule is CO[C@@]12CC[C@H](O)C[C@@H]1N(Cc1c(Cl)ccc(O)c1Cl)CC2. The van der Waals surface area contributed by atoms with E-state index in [0.717, 1.165) is 31.4 Å². The number of ether oxygens (including phenoxy) is 1. The number of phenols is 1. The molecule has 3 atom stereocenters. The van der Waals surface area contributed by atoms with Gasteiger partial charge in [0, 0.05) is 36.8 Å². The normalized spacial score (nSPS) is 32.2. The summed E-state index contributed by atoms with van der Waals surface area (Å²) in [6.07, 6.45) is 3.00. The predicted octanol–water partition coefficient (Wildman–Crippen LogP) is 3.20. The van der Waals surface area contributed by atoms with Gasteiger partial charge in [-0.3, -0.25) is 4.90 Å². The Kier molecular flexibility index (Phi) is 4.59. The minimum absolute atomic E-state index is 0.0435. The van der Waals surface area contributed by atoms with Crippen LogP contribution in [0, 0.1) is 0 Å². The number of hydrogen-bond acceptors (Lipinski definition) is 4. The van der Waals surface area contributed by atoms with E-state index in [4.69, 9.17) is 27.9 Å². The minimum atomic E-state index is -0.288. The van der Waals surface area contributed by atoms with Crippen LogP contribution >= 0.6 is 23.2 Å². The molecule has 0 spiro atoms. The highest BCUT2D eigenvalue weighted by Gasteiger charge is 2.50. The maximum Gasteiger partial charge on any atom is 0.134 e. The van der Waals surface area contributed by atoms with E-state index in [1.54, 1.807) is 13.2 Å². The third kappa shape index (κ3) is 2.72.